The first-order chi connectivity index (χ1) is 12.1. The fraction of sp³-hybridized carbons (Fsp3) is 0.167. The lowest BCUT2D eigenvalue weighted by molar-refractivity contribution is -0.124. The van der Waals surface area contributed by atoms with Gasteiger partial charge in [0.25, 0.3) is 5.91 Å². The molecule has 0 radical (unpaired) electrons. The van der Waals surface area contributed by atoms with Gasteiger partial charge in [-0.1, -0.05) is 0 Å². The minimum Gasteiger partial charge on any atom is -0.497 e. The van der Waals surface area contributed by atoms with Crippen molar-refractivity contribution in [2.24, 2.45) is 5.10 Å². The van der Waals surface area contributed by atoms with Crippen molar-refractivity contribution in [2.45, 2.75) is 0 Å². The summed E-state index contributed by atoms with van der Waals surface area (Å²) in [6.45, 7) is 0.158. The number of rotatable bonds is 5. The van der Waals surface area contributed by atoms with Gasteiger partial charge in [-0.25, -0.2) is 0 Å². The topological polar surface area (TPSA) is 54.4 Å². The molecule has 0 saturated carbocycles. The lowest BCUT2D eigenvalue weighted by atomic mass is 10.2. The van der Waals surface area contributed by atoms with Crippen molar-refractivity contribution >= 4 is 35.1 Å². The van der Waals surface area contributed by atoms with E-state index < -0.39 is 0 Å². The second kappa shape index (κ2) is 7.31. The van der Waals surface area contributed by atoms with E-state index in [-0.39, 0.29) is 12.5 Å². The number of anilines is 1. The Labute approximate surface area is 151 Å². The van der Waals surface area contributed by atoms with Crippen molar-refractivity contribution in [3.05, 3.63) is 54.1 Å². The van der Waals surface area contributed by atoms with Gasteiger partial charge in [0.1, 0.15) is 18.0 Å². The molecule has 2 aromatic carbocycles. The molecule has 2 aromatic rings. The zero-order valence-electron chi connectivity index (χ0n) is 13.9. The van der Waals surface area contributed by atoms with E-state index in [4.69, 9.17) is 21.7 Å². The Bertz CT molecular complexity index is 803. The first kappa shape index (κ1) is 16.9. The fourth-order valence-corrected chi connectivity index (χ4v) is 2.70. The predicted octanol–water partition coefficient (Wildman–Crippen LogP) is 2.67. The van der Waals surface area contributed by atoms with E-state index in [1.165, 1.54) is 5.01 Å². The van der Waals surface area contributed by atoms with Gasteiger partial charge < -0.3 is 14.4 Å². The highest BCUT2D eigenvalue weighted by Gasteiger charge is 2.33. The number of benzene rings is 2. The third kappa shape index (κ3) is 3.61. The molecule has 0 spiro atoms. The monoisotopic (exact) mass is 355 g/mol. The van der Waals surface area contributed by atoms with Gasteiger partial charge in [0.2, 0.25) is 5.11 Å². The van der Waals surface area contributed by atoms with Crippen LogP contribution in [-0.4, -0.2) is 43.0 Å². The largest absolute Gasteiger partial charge is 0.497 e. The number of carbonyl (C=O) groups is 1. The smallest absolute Gasteiger partial charge is 0.269 e. The Morgan fingerprint density at radius 1 is 1.00 bits per heavy atom. The van der Waals surface area contributed by atoms with Crippen LogP contribution >= 0.6 is 12.2 Å². The van der Waals surface area contributed by atoms with Crippen molar-refractivity contribution in [1.82, 2.24) is 5.01 Å². The number of nitrogens with zero attached hydrogens (tertiary/aromatic N) is 3. The zero-order valence-corrected chi connectivity index (χ0v) is 14.7. The quantitative estimate of drug-likeness (QED) is 0.610. The summed E-state index contributed by atoms with van der Waals surface area (Å²) in [6.07, 6.45) is 1.60. The second-order valence-electron chi connectivity index (χ2n) is 5.29. The summed E-state index contributed by atoms with van der Waals surface area (Å²) in [5.41, 5.74) is 1.67. The van der Waals surface area contributed by atoms with Crippen LogP contribution in [0.3, 0.4) is 0 Å². The van der Waals surface area contributed by atoms with Crippen LogP contribution in [0.2, 0.25) is 0 Å². The van der Waals surface area contributed by atoms with Crippen LogP contribution in [0.25, 0.3) is 0 Å². The zero-order chi connectivity index (χ0) is 17.8. The summed E-state index contributed by atoms with van der Waals surface area (Å²) < 4.78 is 10.3. The number of ether oxygens (including phenoxy) is 2. The molecule has 3 rings (SSSR count). The average molecular weight is 355 g/mol. The number of carbonyl (C=O) groups excluding carboxylic acids is 1. The molecule has 128 valence electrons. The summed E-state index contributed by atoms with van der Waals surface area (Å²) in [6, 6.07) is 14.7. The maximum Gasteiger partial charge on any atom is 0.269 e. The standard InChI is InChI=1S/C18H17N3O3S/c1-23-15-7-3-13(4-8-15)11-19-21-17(22)12-20(18(21)25)14-5-9-16(24-2)10-6-14/h3-11H,12H2,1-2H3/b19-11+. The maximum absolute atomic E-state index is 12.3. The molecule has 1 heterocycles. The van der Waals surface area contributed by atoms with Crippen LogP contribution in [0.5, 0.6) is 11.5 Å². The van der Waals surface area contributed by atoms with Crippen molar-refractivity contribution < 1.29 is 14.3 Å². The van der Waals surface area contributed by atoms with E-state index in [1.807, 2.05) is 48.5 Å². The summed E-state index contributed by atoms with van der Waals surface area (Å²) >= 11 is 5.40. The highest BCUT2D eigenvalue weighted by molar-refractivity contribution is 7.80. The molecule has 0 bridgehead atoms. The Morgan fingerprint density at radius 3 is 2.12 bits per heavy atom. The van der Waals surface area contributed by atoms with Gasteiger partial charge in [0.05, 0.1) is 20.4 Å². The van der Waals surface area contributed by atoms with Crippen molar-refractivity contribution in [3.63, 3.8) is 0 Å². The van der Waals surface area contributed by atoms with E-state index >= 15 is 0 Å². The molecule has 6 nitrogen and oxygen atoms in total. The fourth-order valence-electron chi connectivity index (χ4n) is 2.38. The van der Waals surface area contributed by atoms with Crippen LogP contribution in [0.15, 0.2) is 53.6 Å². The van der Waals surface area contributed by atoms with Gasteiger partial charge in [0, 0.05) is 5.69 Å². The Kier molecular flexibility index (Phi) is 4.95. The maximum atomic E-state index is 12.3. The molecule has 0 aliphatic carbocycles. The second-order valence-corrected chi connectivity index (χ2v) is 5.66. The summed E-state index contributed by atoms with van der Waals surface area (Å²) in [7, 11) is 3.22. The van der Waals surface area contributed by atoms with Gasteiger partial charge in [-0.2, -0.15) is 10.1 Å². The molecule has 0 N–H and O–H groups in total. The molecule has 1 aliphatic heterocycles. The minimum atomic E-state index is -0.175. The molecule has 1 amide bonds. The minimum absolute atomic E-state index is 0.158. The highest BCUT2D eigenvalue weighted by Crippen LogP contribution is 2.24. The molecule has 25 heavy (non-hydrogen) atoms. The number of hydrogen-bond acceptors (Lipinski definition) is 5. The SMILES string of the molecule is COc1ccc(/C=N/N2C(=O)CN(c3ccc(OC)cc3)C2=S)cc1. The van der Waals surface area contributed by atoms with Gasteiger partial charge in [-0.15, -0.1) is 0 Å². The molecule has 0 aromatic heterocycles. The van der Waals surface area contributed by atoms with Crippen LogP contribution < -0.4 is 14.4 Å². The highest BCUT2D eigenvalue weighted by atomic mass is 32.1. The third-order valence-corrected chi connectivity index (χ3v) is 4.16. The van der Waals surface area contributed by atoms with Gasteiger partial charge in [-0.05, 0) is 66.3 Å². The van der Waals surface area contributed by atoms with E-state index in [1.54, 1.807) is 25.3 Å². The van der Waals surface area contributed by atoms with Gasteiger partial charge in [-0.3, -0.25) is 4.79 Å². The Morgan fingerprint density at radius 2 is 1.56 bits per heavy atom. The summed E-state index contributed by atoms with van der Waals surface area (Å²) in [5.74, 6) is 1.33. The Balaban J connectivity index is 1.74. The molecule has 7 heteroatoms. The summed E-state index contributed by atoms with van der Waals surface area (Å²) in [5, 5.41) is 5.82. The lowest BCUT2D eigenvalue weighted by Gasteiger charge is -2.17. The average Bonchev–Trinajstić information content (AvgIpc) is 2.94. The van der Waals surface area contributed by atoms with Crippen LogP contribution in [-0.2, 0) is 4.79 Å². The molecule has 0 unspecified atom stereocenters. The first-order valence-corrected chi connectivity index (χ1v) is 8.00. The summed E-state index contributed by atoms with van der Waals surface area (Å²) in [4.78, 5) is 14.0. The third-order valence-electron chi connectivity index (χ3n) is 3.76. The molecule has 1 aliphatic rings. The van der Waals surface area contributed by atoms with Crippen LogP contribution in [0.4, 0.5) is 5.69 Å². The molecule has 0 atom stereocenters. The lowest BCUT2D eigenvalue weighted by Crippen LogP contribution is -2.29. The number of methoxy groups -OCH3 is 2. The van der Waals surface area contributed by atoms with E-state index in [2.05, 4.69) is 5.10 Å². The van der Waals surface area contributed by atoms with Crippen LogP contribution in [0.1, 0.15) is 5.56 Å². The van der Waals surface area contributed by atoms with Gasteiger partial charge in [0.15, 0.2) is 0 Å². The number of hydrogen-bond donors (Lipinski definition) is 0. The number of hydrazone groups is 1. The number of amides is 1. The molecular formula is C18H17N3O3S. The first-order valence-electron chi connectivity index (χ1n) is 7.59. The predicted molar refractivity (Wildman–Crippen MR) is 100 cm³/mol. The van der Waals surface area contributed by atoms with Crippen molar-refractivity contribution in [3.8, 4) is 11.5 Å². The molecular weight excluding hydrogens is 338 g/mol. The normalized spacial score (nSPS) is 14.5. The van der Waals surface area contributed by atoms with Crippen molar-refractivity contribution in [1.29, 1.82) is 0 Å². The van der Waals surface area contributed by atoms with E-state index in [0.717, 1.165) is 22.7 Å². The molecule has 1 fully saturated rings. The van der Waals surface area contributed by atoms with Crippen molar-refractivity contribution in [2.75, 3.05) is 25.7 Å². The van der Waals surface area contributed by atoms with Gasteiger partial charge >= 0.3 is 0 Å². The van der Waals surface area contributed by atoms with E-state index in [9.17, 15) is 4.79 Å². The Hall–Kier alpha value is -2.93. The van der Waals surface area contributed by atoms with Crippen LogP contribution in [0, 0.1) is 0 Å². The van der Waals surface area contributed by atoms with E-state index in [0.29, 0.717) is 5.11 Å². The molecule has 1 saturated heterocycles. The number of thiocarbonyl (C=S) groups is 1.